The second-order valence-electron chi connectivity index (χ2n) is 6.87. The van der Waals surface area contributed by atoms with Crippen molar-refractivity contribution in [1.29, 1.82) is 0 Å². The van der Waals surface area contributed by atoms with Crippen molar-refractivity contribution in [1.82, 2.24) is 24.5 Å². The van der Waals surface area contributed by atoms with Gasteiger partial charge in [-0.05, 0) is 24.3 Å². The highest BCUT2D eigenvalue weighted by Crippen LogP contribution is 2.24. The Labute approximate surface area is 170 Å². The van der Waals surface area contributed by atoms with Crippen molar-refractivity contribution in [3.63, 3.8) is 0 Å². The summed E-state index contributed by atoms with van der Waals surface area (Å²) in [7, 11) is 0. The smallest absolute Gasteiger partial charge is 0.233 e. The van der Waals surface area contributed by atoms with Crippen LogP contribution in [0.2, 0.25) is 0 Å². The molecule has 0 spiro atoms. The second-order valence-corrected chi connectivity index (χ2v) is 7.82. The van der Waals surface area contributed by atoms with Gasteiger partial charge in [-0.3, -0.25) is 9.20 Å². The van der Waals surface area contributed by atoms with Crippen molar-refractivity contribution in [3.8, 4) is 0 Å². The van der Waals surface area contributed by atoms with Gasteiger partial charge in [-0.2, -0.15) is 0 Å². The molecule has 2 aromatic carbocycles. The number of fused-ring (bicyclic) bond motifs is 3. The third-order valence-electron chi connectivity index (χ3n) is 5.15. The predicted octanol–water partition coefficient (Wildman–Crippen LogP) is 2.79. The summed E-state index contributed by atoms with van der Waals surface area (Å²) in [6.45, 7) is 2.40. The highest BCUT2D eigenvalue weighted by atomic mass is 32.2. The number of amides is 1. The quantitative estimate of drug-likeness (QED) is 0.524. The molecular weight excluding hydrogens is 391 g/mol. The number of aromatic amines is 1. The van der Waals surface area contributed by atoms with Gasteiger partial charge in [0.05, 0.1) is 22.5 Å². The van der Waals surface area contributed by atoms with E-state index in [-0.39, 0.29) is 11.7 Å². The number of benzene rings is 2. The number of anilines is 1. The molecule has 0 radical (unpaired) electrons. The molecule has 2 aromatic heterocycles. The number of piperazine rings is 1. The lowest BCUT2D eigenvalue weighted by Crippen LogP contribution is -2.49. The molecule has 0 bridgehead atoms. The largest absolute Gasteiger partial charge is 0.366 e. The van der Waals surface area contributed by atoms with Gasteiger partial charge >= 0.3 is 0 Å². The van der Waals surface area contributed by atoms with Crippen molar-refractivity contribution in [3.05, 3.63) is 54.3 Å². The summed E-state index contributed by atoms with van der Waals surface area (Å²) in [6.07, 6.45) is 0. The molecule has 5 rings (SSSR count). The Morgan fingerprint density at radius 3 is 2.66 bits per heavy atom. The molecule has 0 atom stereocenters. The Morgan fingerprint density at radius 2 is 1.83 bits per heavy atom. The van der Waals surface area contributed by atoms with E-state index in [4.69, 9.17) is 0 Å². The molecule has 1 saturated heterocycles. The first-order chi connectivity index (χ1) is 14.2. The number of rotatable bonds is 4. The van der Waals surface area contributed by atoms with E-state index >= 15 is 0 Å². The molecule has 1 aliphatic heterocycles. The topological polar surface area (TPSA) is 69.5 Å². The first kappa shape index (κ1) is 18.0. The van der Waals surface area contributed by atoms with Crippen LogP contribution >= 0.6 is 11.8 Å². The van der Waals surface area contributed by atoms with Crippen LogP contribution in [0.1, 0.15) is 0 Å². The fourth-order valence-electron chi connectivity index (χ4n) is 3.66. The highest BCUT2D eigenvalue weighted by molar-refractivity contribution is 7.99. The lowest BCUT2D eigenvalue weighted by molar-refractivity contribution is -0.128. The molecule has 0 aliphatic carbocycles. The van der Waals surface area contributed by atoms with Gasteiger partial charge < -0.3 is 9.80 Å². The minimum absolute atomic E-state index is 0.0590. The summed E-state index contributed by atoms with van der Waals surface area (Å²) < 4.78 is 15.9. The molecule has 1 aliphatic rings. The van der Waals surface area contributed by atoms with Gasteiger partial charge in [0.2, 0.25) is 11.7 Å². The highest BCUT2D eigenvalue weighted by Gasteiger charge is 2.23. The van der Waals surface area contributed by atoms with Crippen LogP contribution in [0, 0.1) is 5.82 Å². The van der Waals surface area contributed by atoms with Crippen LogP contribution in [0.25, 0.3) is 16.8 Å². The van der Waals surface area contributed by atoms with Gasteiger partial charge in [-0.25, -0.2) is 14.5 Å². The number of carbonyl (C=O) groups is 1. The fraction of sp³-hybridized carbons (Fsp3) is 0.250. The van der Waals surface area contributed by atoms with Crippen LogP contribution in [-0.4, -0.2) is 62.3 Å². The monoisotopic (exact) mass is 410 g/mol. The molecule has 4 aromatic rings. The summed E-state index contributed by atoms with van der Waals surface area (Å²) in [5.74, 6) is 0.799. The standard InChI is InChI=1S/C20H19FN6OS/c21-14-5-1-3-7-16(14)25-9-11-26(12-10-25)18(28)13-29-20-24-23-19-22-15-6-2-4-8-17(15)27(19)20/h1-8H,9-13H2,(H,22,23). The summed E-state index contributed by atoms with van der Waals surface area (Å²) >= 11 is 1.39. The third kappa shape index (κ3) is 3.31. The number of para-hydroxylation sites is 3. The second kappa shape index (κ2) is 7.40. The van der Waals surface area contributed by atoms with E-state index in [0.29, 0.717) is 48.6 Å². The van der Waals surface area contributed by atoms with Crippen LogP contribution in [0.15, 0.2) is 53.7 Å². The maximum atomic E-state index is 14.0. The summed E-state index contributed by atoms with van der Waals surface area (Å²) in [6, 6.07) is 14.6. The van der Waals surface area contributed by atoms with Crippen LogP contribution in [0.3, 0.4) is 0 Å². The van der Waals surface area contributed by atoms with Gasteiger partial charge in [0.15, 0.2) is 5.16 Å². The predicted molar refractivity (Wildman–Crippen MR) is 111 cm³/mol. The Kier molecular flexibility index (Phi) is 4.59. The molecule has 3 heterocycles. The summed E-state index contributed by atoms with van der Waals surface area (Å²) in [5, 5.41) is 7.94. The third-order valence-corrected chi connectivity index (χ3v) is 6.08. The Morgan fingerprint density at radius 1 is 1.07 bits per heavy atom. The summed E-state index contributed by atoms with van der Waals surface area (Å²) in [4.78, 5) is 21.0. The van der Waals surface area contributed by atoms with Crippen molar-refractivity contribution >= 4 is 40.2 Å². The van der Waals surface area contributed by atoms with Gasteiger partial charge in [0, 0.05) is 26.2 Å². The van der Waals surface area contributed by atoms with Crippen LogP contribution in [-0.2, 0) is 4.79 Å². The number of imidazole rings is 1. The minimum Gasteiger partial charge on any atom is -0.366 e. The number of hydrogen-bond acceptors (Lipinski definition) is 5. The van der Waals surface area contributed by atoms with E-state index in [0.717, 1.165) is 11.0 Å². The molecule has 1 N–H and O–H groups in total. The zero-order valence-corrected chi connectivity index (χ0v) is 16.4. The zero-order valence-electron chi connectivity index (χ0n) is 15.6. The average Bonchev–Trinajstić information content (AvgIpc) is 3.32. The Hall–Kier alpha value is -3.07. The lowest BCUT2D eigenvalue weighted by atomic mass is 10.2. The Bertz CT molecular complexity index is 1180. The lowest BCUT2D eigenvalue weighted by Gasteiger charge is -2.36. The molecule has 1 fully saturated rings. The van der Waals surface area contributed by atoms with E-state index in [1.807, 2.05) is 44.5 Å². The zero-order chi connectivity index (χ0) is 19.8. The van der Waals surface area contributed by atoms with Gasteiger partial charge in [-0.15, -0.1) is 5.10 Å². The fourth-order valence-corrected chi connectivity index (χ4v) is 4.52. The molecule has 9 heteroatoms. The van der Waals surface area contributed by atoms with Gasteiger partial charge in [0.1, 0.15) is 5.82 Å². The molecule has 29 heavy (non-hydrogen) atoms. The summed E-state index contributed by atoms with van der Waals surface area (Å²) in [5.41, 5.74) is 2.45. The molecule has 0 saturated carbocycles. The number of halogens is 1. The van der Waals surface area contributed by atoms with Crippen molar-refractivity contribution in [2.45, 2.75) is 5.16 Å². The maximum Gasteiger partial charge on any atom is 0.233 e. The average molecular weight is 410 g/mol. The van der Waals surface area contributed by atoms with Crippen LogP contribution < -0.4 is 4.90 Å². The maximum absolute atomic E-state index is 14.0. The van der Waals surface area contributed by atoms with E-state index in [2.05, 4.69) is 15.2 Å². The Balaban J connectivity index is 1.23. The number of hydrogen-bond donors (Lipinski definition) is 1. The normalized spacial score (nSPS) is 14.8. The minimum atomic E-state index is -0.224. The van der Waals surface area contributed by atoms with E-state index in [1.165, 1.54) is 17.8 Å². The number of H-pyrrole nitrogens is 1. The molecular formula is C20H19FN6OS. The van der Waals surface area contributed by atoms with Crippen LogP contribution in [0.4, 0.5) is 10.1 Å². The van der Waals surface area contributed by atoms with E-state index in [1.54, 1.807) is 12.1 Å². The van der Waals surface area contributed by atoms with Crippen molar-refractivity contribution in [2.24, 2.45) is 0 Å². The van der Waals surface area contributed by atoms with Gasteiger partial charge in [-0.1, -0.05) is 36.0 Å². The number of nitrogens with zero attached hydrogens (tertiary/aromatic N) is 5. The van der Waals surface area contributed by atoms with Gasteiger partial charge in [0.25, 0.3) is 0 Å². The van der Waals surface area contributed by atoms with Crippen molar-refractivity contribution < 1.29 is 9.18 Å². The first-order valence-electron chi connectivity index (χ1n) is 9.42. The number of thioether (sulfide) groups is 1. The molecule has 1 amide bonds. The number of carbonyl (C=O) groups excluding carboxylic acids is 1. The van der Waals surface area contributed by atoms with E-state index < -0.39 is 0 Å². The molecule has 7 nitrogen and oxygen atoms in total. The van der Waals surface area contributed by atoms with E-state index in [9.17, 15) is 9.18 Å². The number of aromatic nitrogens is 4. The molecule has 148 valence electrons. The van der Waals surface area contributed by atoms with Crippen LogP contribution in [0.5, 0.6) is 0 Å². The van der Waals surface area contributed by atoms with Crippen molar-refractivity contribution in [2.75, 3.05) is 36.8 Å². The number of nitrogens with one attached hydrogen (secondary N) is 1. The first-order valence-corrected chi connectivity index (χ1v) is 10.4. The molecule has 0 unspecified atom stereocenters. The SMILES string of the molecule is O=C(CSc1n[nH]c2nc3ccccc3n12)N1CCN(c2ccccc2F)CC1.